The Kier molecular flexibility index (Phi) is 8.19. The average molecular weight is 515 g/mol. The smallest absolute Gasteiger partial charge is 0.339 e. The highest BCUT2D eigenvalue weighted by Crippen LogP contribution is 2.28. The number of hydrogen-bond acceptors (Lipinski definition) is 5. The second-order valence-electron chi connectivity index (χ2n) is 8.08. The van der Waals surface area contributed by atoms with Crippen LogP contribution in [0.3, 0.4) is 0 Å². The number of nitrogens with zero attached hydrogens (tertiary/aromatic N) is 1. The van der Waals surface area contributed by atoms with Gasteiger partial charge in [0.25, 0.3) is 10.0 Å². The van der Waals surface area contributed by atoms with Gasteiger partial charge in [0.05, 0.1) is 27.8 Å². The van der Waals surface area contributed by atoms with Gasteiger partial charge < -0.3 is 10.1 Å². The fourth-order valence-electron chi connectivity index (χ4n) is 3.42. The number of aryl methyl sites for hydroxylation is 3. The summed E-state index contributed by atoms with van der Waals surface area (Å²) in [6, 6.07) is 16.3. The van der Waals surface area contributed by atoms with Gasteiger partial charge in [-0.05, 0) is 75.2 Å². The molecule has 3 rings (SSSR count). The Bertz CT molecular complexity index is 1350. The maximum Gasteiger partial charge on any atom is 0.339 e. The molecule has 1 amide bonds. The molecule has 3 aromatic rings. The maximum absolute atomic E-state index is 13.6. The Hall–Kier alpha value is -3.36. The van der Waals surface area contributed by atoms with Crippen molar-refractivity contribution in [2.24, 2.45) is 0 Å². The first-order chi connectivity index (χ1) is 16.5. The summed E-state index contributed by atoms with van der Waals surface area (Å²) in [5, 5.41) is 2.78. The van der Waals surface area contributed by atoms with E-state index in [-0.39, 0.29) is 22.1 Å². The zero-order valence-electron chi connectivity index (χ0n) is 20.0. The molecule has 7 nitrogen and oxygen atoms in total. The second-order valence-corrected chi connectivity index (χ2v) is 10.3. The Morgan fingerprint density at radius 1 is 0.943 bits per heavy atom. The highest BCUT2D eigenvalue weighted by Gasteiger charge is 2.28. The van der Waals surface area contributed by atoms with Gasteiger partial charge in [0.2, 0.25) is 5.91 Å². The normalized spacial score (nSPS) is 11.1. The summed E-state index contributed by atoms with van der Waals surface area (Å²) in [6.07, 6.45) is 0. The number of carbonyl (C=O) groups is 2. The van der Waals surface area contributed by atoms with Crippen molar-refractivity contribution in [2.45, 2.75) is 32.6 Å². The lowest BCUT2D eigenvalue weighted by atomic mass is 10.1. The SMILES string of the molecule is CCOC(=O)c1ccc(NC(=O)CN(c2cc(C)ccc2C)S(=O)(=O)c2ccc(C)cc2)cc1Cl. The Balaban J connectivity index is 1.93. The minimum Gasteiger partial charge on any atom is -0.462 e. The summed E-state index contributed by atoms with van der Waals surface area (Å²) in [6.45, 7) is 6.94. The molecular weight excluding hydrogens is 488 g/mol. The summed E-state index contributed by atoms with van der Waals surface area (Å²) in [5.41, 5.74) is 3.39. The molecule has 0 aliphatic carbocycles. The van der Waals surface area contributed by atoms with Crippen LogP contribution < -0.4 is 9.62 Å². The molecule has 0 atom stereocenters. The molecule has 9 heteroatoms. The Morgan fingerprint density at radius 2 is 1.60 bits per heavy atom. The monoisotopic (exact) mass is 514 g/mol. The molecular formula is C26H27ClN2O5S. The van der Waals surface area contributed by atoms with Crippen LogP contribution in [-0.2, 0) is 19.6 Å². The van der Waals surface area contributed by atoms with Crippen LogP contribution in [0, 0.1) is 20.8 Å². The quantitative estimate of drug-likeness (QED) is 0.413. The van der Waals surface area contributed by atoms with Crippen molar-refractivity contribution in [3.8, 4) is 0 Å². The first-order valence-electron chi connectivity index (χ1n) is 11.0. The molecule has 184 valence electrons. The summed E-state index contributed by atoms with van der Waals surface area (Å²) in [7, 11) is -4.04. The van der Waals surface area contributed by atoms with Crippen LogP contribution in [-0.4, -0.2) is 33.4 Å². The van der Waals surface area contributed by atoms with E-state index in [2.05, 4.69) is 5.32 Å². The lowest BCUT2D eigenvalue weighted by Crippen LogP contribution is -2.38. The molecule has 1 N–H and O–H groups in total. The molecule has 0 spiro atoms. The second kappa shape index (κ2) is 10.9. The van der Waals surface area contributed by atoms with E-state index < -0.39 is 28.4 Å². The van der Waals surface area contributed by atoms with E-state index in [4.69, 9.17) is 16.3 Å². The topological polar surface area (TPSA) is 92.8 Å². The molecule has 0 heterocycles. The fourth-order valence-corrected chi connectivity index (χ4v) is 5.16. The first-order valence-corrected chi connectivity index (χ1v) is 12.8. The summed E-state index contributed by atoms with van der Waals surface area (Å²) in [5.74, 6) is -1.14. The molecule has 0 unspecified atom stereocenters. The third-order valence-corrected chi connectivity index (χ3v) is 7.36. The van der Waals surface area contributed by atoms with E-state index in [1.54, 1.807) is 32.0 Å². The van der Waals surface area contributed by atoms with Gasteiger partial charge in [-0.15, -0.1) is 0 Å². The van der Waals surface area contributed by atoms with Gasteiger partial charge >= 0.3 is 5.97 Å². The number of sulfonamides is 1. The zero-order valence-corrected chi connectivity index (χ0v) is 21.5. The van der Waals surface area contributed by atoms with Gasteiger partial charge in [-0.3, -0.25) is 9.10 Å². The van der Waals surface area contributed by atoms with Crippen LogP contribution in [0.1, 0.15) is 34.0 Å². The number of ether oxygens (including phenoxy) is 1. The van der Waals surface area contributed by atoms with Crippen molar-refractivity contribution in [1.29, 1.82) is 0 Å². The van der Waals surface area contributed by atoms with Crippen LogP contribution >= 0.6 is 11.6 Å². The molecule has 3 aromatic carbocycles. The van der Waals surface area contributed by atoms with Crippen molar-refractivity contribution < 1.29 is 22.7 Å². The van der Waals surface area contributed by atoms with Crippen LogP contribution in [0.4, 0.5) is 11.4 Å². The summed E-state index contributed by atoms with van der Waals surface area (Å²) >= 11 is 6.19. The minimum atomic E-state index is -4.04. The van der Waals surface area contributed by atoms with Crippen molar-refractivity contribution >= 4 is 44.9 Å². The van der Waals surface area contributed by atoms with Crippen molar-refractivity contribution in [2.75, 3.05) is 22.8 Å². The number of halogens is 1. The highest BCUT2D eigenvalue weighted by molar-refractivity contribution is 7.92. The molecule has 0 aliphatic rings. The van der Waals surface area contributed by atoms with Gasteiger partial charge in [0.1, 0.15) is 6.54 Å². The van der Waals surface area contributed by atoms with Crippen LogP contribution in [0.15, 0.2) is 65.6 Å². The fraction of sp³-hybridized carbons (Fsp3) is 0.231. The Labute approximate surface area is 210 Å². The van der Waals surface area contributed by atoms with E-state index in [9.17, 15) is 18.0 Å². The molecule has 35 heavy (non-hydrogen) atoms. The van der Waals surface area contributed by atoms with E-state index in [1.807, 2.05) is 26.0 Å². The molecule has 0 aliphatic heterocycles. The number of hydrogen-bond donors (Lipinski definition) is 1. The Morgan fingerprint density at radius 3 is 2.23 bits per heavy atom. The molecule has 0 radical (unpaired) electrons. The maximum atomic E-state index is 13.6. The van der Waals surface area contributed by atoms with Crippen molar-refractivity contribution in [3.05, 3.63) is 87.9 Å². The minimum absolute atomic E-state index is 0.0821. The molecule has 0 saturated heterocycles. The van der Waals surface area contributed by atoms with Gasteiger partial charge in [0, 0.05) is 5.69 Å². The van der Waals surface area contributed by atoms with Gasteiger partial charge in [0.15, 0.2) is 0 Å². The number of esters is 1. The van der Waals surface area contributed by atoms with Gasteiger partial charge in [-0.25, -0.2) is 13.2 Å². The number of rotatable bonds is 8. The number of nitrogens with one attached hydrogen (secondary N) is 1. The van der Waals surface area contributed by atoms with E-state index in [0.29, 0.717) is 16.9 Å². The van der Waals surface area contributed by atoms with Crippen LogP contribution in [0.25, 0.3) is 0 Å². The van der Waals surface area contributed by atoms with Gasteiger partial charge in [-0.1, -0.05) is 41.4 Å². The highest BCUT2D eigenvalue weighted by atomic mass is 35.5. The third kappa shape index (κ3) is 6.21. The van der Waals surface area contributed by atoms with Crippen LogP contribution in [0.5, 0.6) is 0 Å². The van der Waals surface area contributed by atoms with E-state index >= 15 is 0 Å². The predicted molar refractivity (Wildman–Crippen MR) is 138 cm³/mol. The lowest BCUT2D eigenvalue weighted by Gasteiger charge is -2.26. The van der Waals surface area contributed by atoms with Crippen molar-refractivity contribution in [1.82, 2.24) is 0 Å². The number of benzene rings is 3. The van der Waals surface area contributed by atoms with Crippen LogP contribution in [0.2, 0.25) is 5.02 Å². The average Bonchev–Trinajstić information content (AvgIpc) is 2.79. The number of amides is 1. The number of carbonyl (C=O) groups excluding carboxylic acids is 2. The zero-order chi connectivity index (χ0) is 25.8. The molecule has 0 bridgehead atoms. The standard InChI is InChI=1S/C26H27ClN2O5S/c1-5-34-26(31)22-13-10-20(15-23(22)27)28-25(30)16-29(24-14-18(3)6-9-19(24)4)35(32,33)21-11-7-17(2)8-12-21/h6-15H,5,16H2,1-4H3,(H,28,30). The molecule has 0 saturated carbocycles. The van der Waals surface area contributed by atoms with Crippen molar-refractivity contribution in [3.63, 3.8) is 0 Å². The molecule has 0 aromatic heterocycles. The largest absolute Gasteiger partial charge is 0.462 e. The predicted octanol–water partition coefficient (Wildman–Crippen LogP) is 5.28. The lowest BCUT2D eigenvalue weighted by molar-refractivity contribution is -0.114. The third-order valence-electron chi connectivity index (χ3n) is 5.28. The molecule has 0 fully saturated rings. The van der Waals surface area contributed by atoms with Gasteiger partial charge in [-0.2, -0.15) is 0 Å². The van der Waals surface area contributed by atoms with E-state index in [0.717, 1.165) is 15.4 Å². The summed E-state index contributed by atoms with van der Waals surface area (Å²) < 4.78 is 33.3. The van der Waals surface area contributed by atoms with E-state index in [1.165, 1.54) is 30.3 Å². The number of anilines is 2. The summed E-state index contributed by atoms with van der Waals surface area (Å²) in [4.78, 5) is 25.0. The first kappa shape index (κ1) is 26.2.